The quantitative estimate of drug-likeness (QED) is 0.720. The van der Waals surface area contributed by atoms with Crippen molar-refractivity contribution in [2.75, 3.05) is 7.05 Å². The van der Waals surface area contributed by atoms with Crippen LogP contribution in [0, 0.1) is 5.41 Å². The Morgan fingerprint density at radius 2 is 1.72 bits per heavy atom. The first-order valence-electron chi connectivity index (χ1n) is 6.01. The van der Waals surface area contributed by atoms with Gasteiger partial charge in [0.2, 0.25) is 0 Å². The van der Waals surface area contributed by atoms with Crippen molar-refractivity contribution in [1.29, 1.82) is 0 Å². The van der Waals surface area contributed by atoms with E-state index >= 15 is 0 Å². The topological polar surface area (TPSA) is 20.3 Å². The monoisotopic (exact) mass is 269 g/mol. The Bertz CT molecular complexity index is 307. The number of hydrogen-bond acceptors (Lipinski definition) is 1. The zero-order valence-corrected chi connectivity index (χ0v) is 10.9. The fraction of sp³-hybridized carbons (Fsp3) is 0.917. The van der Waals surface area contributed by atoms with Crippen molar-refractivity contribution in [2.24, 2.45) is 5.41 Å². The maximum Gasteiger partial charge on any atom is 0.383 e. The van der Waals surface area contributed by atoms with E-state index in [0.717, 1.165) is 17.7 Å². The number of carbonyl (C=O) groups is 1. The Morgan fingerprint density at radius 3 is 2.11 bits per heavy atom. The van der Waals surface area contributed by atoms with E-state index in [1.807, 2.05) is 0 Å². The van der Waals surface area contributed by atoms with E-state index in [-0.39, 0.29) is 11.5 Å². The summed E-state index contributed by atoms with van der Waals surface area (Å²) in [6.07, 6.45) is -1.19. The zero-order chi connectivity index (χ0) is 14.1. The minimum Gasteiger partial charge on any atom is -0.337 e. The molecule has 1 aliphatic rings. The molecule has 1 saturated carbocycles. The van der Waals surface area contributed by atoms with Crippen LogP contribution < -0.4 is 0 Å². The number of nitrogens with zero attached hydrogens (tertiary/aromatic N) is 1. The number of amides is 1. The van der Waals surface area contributed by atoms with E-state index in [9.17, 15) is 22.4 Å². The molecular weight excluding hydrogens is 250 g/mol. The summed E-state index contributed by atoms with van der Waals surface area (Å²) in [6, 6.07) is -0.366. The molecule has 0 atom stereocenters. The van der Waals surface area contributed by atoms with Gasteiger partial charge >= 0.3 is 12.3 Å². The van der Waals surface area contributed by atoms with Gasteiger partial charge in [-0.15, -0.1) is 0 Å². The Morgan fingerprint density at radius 1 is 1.28 bits per heavy atom. The van der Waals surface area contributed by atoms with Crippen molar-refractivity contribution in [3.63, 3.8) is 0 Å². The minimum absolute atomic E-state index is 0.131. The highest BCUT2D eigenvalue weighted by Gasteiger charge is 2.51. The number of hydrogen-bond donors (Lipinski definition) is 0. The molecule has 0 bridgehead atoms. The van der Waals surface area contributed by atoms with Gasteiger partial charge < -0.3 is 4.90 Å². The van der Waals surface area contributed by atoms with Crippen LogP contribution in [0.5, 0.6) is 0 Å². The normalized spacial score (nSPS) is 21.1. The second kappa shape index (κ2) is 5.05. The number of carbonyl (C=O) groups excluding carboxylic acids is 1. The summed E-state index contributed by atoms with van der Waals surface area (Å²) in [7, 11) is 1.18. The van der Waals surface area contributed by atoms with Crippen molar-refractivity contribution >= 4 is 5.91 Å². The van der Waals surface area contributed by atoms with Crippen molar-refractivity contribution in [3.8, 4) is 0 Å². The fourth-order valence-corrected chi connectivity index (χ4v) is 2.27. The Balaban J connectivity index is 2.66. The standard InChI is InChI=1S/C12H19F4NO/c1-11(2)6-4-8(5-7-11)17(3)10(18)12(15,16)9(13)14/h8-9H,4-7H2,1-3H3. The van der Waals surface area contributed by atoms with Gasteiger partial charge in [-0.3, -0.25) is 4.79 Å². The van der Waals surface area contributed by atoms with Crippen molar-refractivity contribution in [3.05, 3.63) is 0 Å². The molecule has 1 aliphatic carbocycles. The first-order valence-corrected chi connectivity index (χ1v) is 6.01. The number of alkyl halides is 4. The summed E-state index contributed by atoms with van der Waals surface area (Å²) < 4.78 is 50.1. The molecule has 1 rings (SSSR count). The Labute approximate surface area is 104 Å². The van der Waals surface area contributed by atoms with E-state index in [1.165, 1.54) is 7.05 Å². The lowest BCUT2D eigenvalue weighted by Crippen LogP contribution is -2.51. The van der Waals surface area contributed by atoms with Crippen LogP contribution in [-0.4, -0.2) is 36.2 Å². The molecule has 0 aliphatic heterocycles. The molecular formula is C12H19F4NO. The summed E-state index contributed by atoms with van der Waals surface area (Å²) in [4.78, 5) is 12.2. The zero-order valence-electron chi connectivity index (χ0n) is 10.9. The van der Waals surface area contributed by atoms with Crippen LogP contribution in [0.1, 0.15) is 39.5 Å². The second-order valence-electron chi connectivity index (χ2n) is 5.74. The average molecular weight is 269 g/mol. The molecule has 0 spiro atoms. The molecule has 1 amide bonds. The lowest BCUT2D eigenvalue weighted by atomic mass is 9.75. The smallest absolute Gasteiger partial charge is 0.337 e. The number of halogens is 4. The van der Waals surface area contributed by atoms with Gasteiger partial charge in [-0.1, -0.05) is 13.8 Å². The minimum atomic E-state index is -4.58. The largest absolute Gasteiger partial charge is 0.383 e. The molecule has 0 aromatic rings. The molecule has 6 heteroatoms. The van der Waals surface area contributed by atoms with Gasteiger partial charge in [0.1, 0.15) is 0 Å². The molecule has 0 radical (unpaired) electrons. The van der Waals surface area contributed by atoms with Gasteiger partial charge in [0.05, 0.1) is 0 Å². The third-order valence-electron chi connectivity index (χ3n) is 3.74. The van der Waals surface area contributed by atoms with Crippen LogP contribution >= 0.6 is 0 Å². The second-order valence-corrected chi connectivity index (χ2v) is 5.74. The first-order chi connectivity index (χ1) is 8.08. The molecule has 2 nitrogen and oxygen atoms in total. The summed E-state index contributed by atoms with van der Waals surface area (Å²) in [5.41, 5.74) is 0.131. The lowest BCUT2D eigenvalue weighted by Gasteiger charge is -2.39. The van der Waals surface area contributed by atoms with Crippen molar-refractivity contribution in [1.82, 2.24) is 4.90 Å². The van der Waals surface area contributed by atoms with Gasteiger partial charge in [-0.2, -0.15) is 8.78 Å². The van der Waals surface area contributed by atoms with E-state index < -0.39 is 18.3 Å². The molecule has 1 fully saturated rings. The maximum atomic E-state index is 13.0. The molecule has 106 valence electrons. The van der Waals surface area contributed by atoms with E-state index in [2.05, 4.69) is 13.8 Å². The lowest BCUT2D eigenvalue weighted by molar-refractivity contribution is -0.182. The van der Waals surface area contributed by atoms with Crippen LogP contribution in [-0.2, 0) is 4.79 Å². The highest BCUT2D eigenvalue weighted by atomic mass is 19.3. The van der Waals surface area contributed by atoms with Gasteiger partial charge in [-0.25, -0.2) is 8.78 Å². The van der Waals surface area contributed by atoms with Gasteiger partial charge in [0.15, 0.2) is 0 Å². The summed E-state index contributed by atoms with van der Waals surface area (Å²) >= 11 is 0. The predicted octanol–water partition coefficient (Wildman–Crippen LogP) is 3.31. The van der Waals surface area contributed by atoms with Crippen LogP contribution in [0.25, 0.3) is 0 Å². The molecule has 0 aromatic carbocycles. The van der Waals surface area contributed by atoms with Crippen molar-refractivity contribution in [2.45, 2.75) is 57.9 Å². The molecule has 0 aromatic heterocycles. The predicted molar refractivity (Wildman–Crippen MR) is 59.8 cm³/mol. The van der Waals surface area contributed by atoms with Crippen molar-refractivity contribution < 1.29 is 22.4 Å². The molecule has 0 unspecified atom stereocenters. The van der Waals surface area contributed by atoms with Gasteiger partial charge in [0, 0.05) is 13.1 Å². The summed E-state index contributed by atoms with van der Waals surface area (Å²) in [5.74, 6) is -6.36. The Kier molecular flexibility index (Phi) is 4.28. The van der Waals surface area contributed by atoms with E-state index in [1.54, 1.807) is 0 Å². The molecule has 0 saturated heterocycles. The van der Waals surface area contributed by atoms with Gasteiger partial charge in [0.25, 0.3) is 5.91 Å². The number of rotatable bonds is 3. The Hall–Kier alpha value is -0.810. The van der Waals surface area contributed by atoms with Crippen LogP contribution in [0.3, 0.4) is 0 Å². The third-order valence-corrected chi connectivity index (χ3v) is 3.74. The first kappa shape index (κ1) is 15.2. The summed E-state index contributed by atoms with van der Waals surface area (Å²) in [5, 5.41) is 0. The highest BCUT2D eigenvalue weighted by molar-refractivity contribution is 5.84. The maximum absolute atomic E-state index is 13.0. The van der Waals surface area contributed by atoms with Crippen LogP contribution in [0.15, 0.2) is 0 Å². The van der Waals surface area contributed by atoms with E-state index in [4.69, 9.17) is 0 Å². The molecule has 0 N–H and O–H groups in total. The van der Waals surface area contributed by atoms with Gasteiger partial charge in [-0.05, 0) is 31.1 Å². The fourth-order valence-electron chi connectivity index (χ4n) is 2.27. The summed E-state index contributed by atoms with van der Waals surface area (Å²) in [6.45, 7) is 4.14. The van der Waals surface area contributed by atoms with Crippen LogP contribution in [0.2, 0.25) is 0 Å². The highest BCUT2D eigenvalue weighted by Crippen LogP contribution is 2.37. The third kappa shape index (κ3) is 3.14. The SMILES string of the molecule is CN(C(=O)C(F)(F)C(F)F)C1CCC(C)(C)CC1. The molecule has 18 heavy (non-hydrogen) atoms. The molecule has 0 heterocycles. The average Bonchev–Trinajstić information content (AvgIpc) is 2.26. The van der Waals surface area contributed by atoms with E-state index in [0.29, 0.717) is 12.8 Å². The van der Waals surface area contributed by atoms with Crippen LogP contribution in [0.4, 0.5) is 17.6 Å².